The molecular formula is C21H21F3N4O2S2. The van der Waals surface area contributed by atoms with Crippen molar-refractivity contribution in [1.29, 1.82) is 0 Å². The molecule has 1 saturated heterocycles. The first kappa shape index (κ1) is 22.7. The summed E-state index contributed by atoms with van der Waals surface area (Å²) in [6, 6.07) is 4.97. The van der Waals surface area contributed by atoms with E-state index in [1.54, 1.807) is 11.4 Å². The highest BCUT2D eigenvalue weighted by Gasteiger charge is 2.30. The molecule has 3 heterocycles. The highest BCUT2D eigenvalue weighted by Crippen LogP contribution is 2.36. The van der Waals surface area contributed by atoms with Gasteiger partial charge in [-0.2, -0.15) is 13.2 Å². The van der Waals surface area contributed by atoms with Gasteiger partial charge in [0.05, 0.1) is 34.4 Å². The molecule has 1 fully saturated rings. The number of nitrogens with one attached hydrogen (secondary N) is 2. The second-order valence-electron chi connectivity index (χ2n) is 7.42. The molecule has 4 rings (SSSR count). The molecule has 1 aliphatic rings. The Kier molecular flexibility index (Phi) is 6.77. The number of carbonyl (C=O) groups is 1. The summed E-state index contributed by atoms with van der Waals surface area (Å²) in [4.78, 5) is 22.0. The van der Waals surface area contributed by atoms with Crippen molar-refractivity contribution >= 4 is 44.5 Å². The van der Waals surface area contributed by atoms with Gasteiger partial charge in [0.2, 0.25) is 5.91 Å². The summed E-state index contributed by atoms with van der Waals surface area (Å²) in [5.74, 6) is -0.137. The summed E-state index contributed by atoms with van der Waals surface area (Å²) in [5, 5.41) is 8.50. The zero-order valence-electron chi connectivity index (χ0n) is 17.2. The topological polar surface area (TPSA) is 76.1 Å². The summed E-state index contributed by atoms with van der Waals surface area (Å²) in [7, 11) is 0. The zero-order chi connectivity index (χ0) is 22.7. The van der Waals surface area contributed by atoms with Crippen molar-refractivity contribution < 1.29 is 22.7 Å². The fourth-order valence-corrected chi connectivity index (χ4v) is 5.10. The summed E-state index contributed by atoms with van der Waals surface area (Å²) in [6.07, 6.45) is -1.17. The van der Waals surface area contributed by atoms with Crippen LogP contribution < -0.4 is 10.6 Å². The molecule has 6 nitrogen and oxygen atoms in total. The second kappa shape index (κ2) is 9.55. The van der Waals surface area contributed by atoms with Crippen molar-refractivity contribution in [2.75, 3.05) is 17.2 Å². The highest BCUT2D eigenvalue weighted by atomic mass is 32.1. The molecule has 2 aromatic heterocycles. The van der Waals surface area contributed by atoms with Crippen molar-refractivity contribution in [1.82, 2.24) is 9.97 Å². The Hall–Kier alpha value is -2.50. The lowest BCUT2D eigenvalue weighted by Gasteiger charge is -2.21. The molecule has 0 saturated carbocycles. The van der Waals surface area contributed by atoms with Crippen molar-refractivity contribution in [2.45, 2.75) is 44.9 Å². The van der Waals surface area contributed by atoms with E-state index in [2.05, 4.69) is 20.6 Å². The molecule has 1 aromatic carbocycles. The van der Waals surface area contributed by atoms with Gasteiger partial charge in [-0.05, 0) is 44.4 Å². The van der Waals surface area contributed by atoms with E-state index in [0.717, 1.165) is 42.0 Å². The van der Waals surface area contributed by atoms with Crippen LogP contribution >= 0.6 is 22.7 Å². The van der Waals surface area contributed by atoms with Crippen LogP contribution in [-0.4, -0.2) is 28.6 Å². The zero-order valence-corrected chi connectivity index (χ0v) is 18.8. The van der Waals surface area contributed by atoms with Crippen LogP contribution in [0.1, 0.15) is 36.9 Å². The predicted molar refractivity (Wildman–Crippen MR) is 120 cm³/mol. The molecule has 0 radical (unpaired) electrons. The average molecular weight is 483 g/mol. The van der Waals surface area contributed by atoms with Crippen LogP contribution in [0.2, 0.25) is 0 Å². The molecule has 1 atom stereocenters. The van der Waals surface area contributed by atoms with Crippen molar-refractivity contribution in [3.63, 3.8) is 0 Å². The monoisotopic (exact) mass is 482 g/mol. The largest absolute Gasteiger partial charge is 0.416 e. The Morgan fingerprint density at radius 2 is 2.09 bits per heavy atom. The van der Waals surface area contributed by atoms with Gasteiger partial charge in [0.1, 0.15) is 0 Å². The lowest BCUT2D eigenvalue weighted by atomic mass is 10.1. The van der Waals surface area contributed by atoms with Gasteiger partial charge in [-0.3, -0.25) is 4.79 Å². The Balaban J connectivity index is 1.42. The number of aromatic nitrogens is 2. The van der Waals surface area contributed by atoms with Gasteiger partial charge < -0.3 is 15.4 Å². The highest BCUT2D eigenvalue weighted by molar-refractivity contribution is 7.20. The van der Waals surface area contributed by atoms with Crippen LogP contribution in [-0.2, 0) is 15.7 Å². The Morgan fingerprint density at radius 1 is 1.25 bits per heavy atom. The molecule has 0 aliphatic carbocycles. The molecule has 0 spiro atoms. The third kappa shape index (κ3) is 5.64. The van der Waals surface area contributed by atoms with E-state index in [-0.39, 0.29) is 12.0 Å². The van der Waals surface area contributed by atoms with E-state index < -0.39 is 11.7 Å². The quantitative estimate of drug-likeness (QED) is 0.435. The first-order valence-electron chi connectivity index (χ1n) is 10.1. The number of hydrogen-bond donors (Lipinski definition) is 2. The van der Waals surface area contributed by atoms with Gasteiger partial charge in [-0.25, -0.2) is 9.97 Å². The molecule has 1 amide bonds. The number of amides is 1. The predicted octanol–water partition coefficient (Wildman–Crippen LogP) is 6.24. The number of alkyl halides is 3. The van der Waals surface area contributed by atoms with Gasteiger partial charge in [-0.1, -0.05) is 17.4 Å². The molecule has 0 bridgehead atoms. The maximum Gasteiger partial charge on any atom is 0.416 e. The minimum atomic E-state index is -4.41. The minimum Gasteiger partial charge on any atom is -0.378 e. The number of nitrogens with zero attached hydrogens (tertiary/aromatic N) is 2. The average Bonchev–Trinajstić information content (AvgIpc) is 3.34. The standard InChI is InChI=1S/C21H21F3N4O2S2/c1-12-18(32-20(25-12)28-17(29)10-15-7-2-3-8-30-15)16-11-31-19(27-16)26-14-6-4-5-13(9-14)21(22,23)24/h4-6,9,11,15H,2-3,7-8,10H2,1H3,(H,26,27)(H,25,28,29)/t15-/m1/s1. The summed E-state index contributed by atoms with van der Waals surface area (Å²) in [6.45, 7) is 2.52. The van der Waals surface area contributed by atoms with Crippen LogP contribution in [0.5, 0.6) is 0 Å². The normalized spacial score (nSPS) is 16.7. The molecular weight excluding hydrogens is 461 g/mol. The first-order valence-corrected chi connectivity index (χ1v) is 11.8. The maximum absolute atomic E-state index is 12.9. The van der Waals surface area contributed by atoms with E-state index in [1.807, 2.05) is 6.92 Å². The molecule has 11 heteroatoms. The number of hydrogen-bond acceptors (Lipinski definition) is 7. The lowest BCUT2D eigenvalue weighted by molar-refractivity contribution is -0.137. The summed E-state index contributed by atoms with van der Waals surface area (Å²) < 4.78 is 44.4. The number of aryl methyl sites for hydroxylation is 1. The van der Waals surface area contributed by atoms with Crippen molar-refractivity contribution in [3.8, 4) is 10.6 Å². The van der Waals surface area contributed by atoms with Crippen LogP contribution in [0.4, 0.5) is 29.1 Å². The van der Waals surface area contributed by atoms with Crippen LogP contribution in [0.3, 0.4) is 0 Å². The molecule has 2 N–H and O–H groups in total. The lowest BCUT2D eigenvalue weighted by Crippen LogP contribution is -2.25. The molecule has 3 aromatic rings. The van der Waals surface area contributed by atoms with Crippen LogP contribution in [0.25, 0.3) is 10.6 Å². The Bertz CT molecular complexity index is 1090. The number of halogens is 3. The third-order valence-corrected chi connectivity index (χ3v) is 6.76. The minimum absolute atomic E-state index is 0.0488. The van der Waals surface area contributed by atoms with E-state index in [1.165, 1.54) is 28.7 Å². The Morgan fingerprint density at radius 3 is 2.84 bits per heavy atom. The van der Waals surface area contributed by atoms with Gasteiger partial charge in [0, 0.05) is 17.7 Å². The number of rotatable bonds is 6. The van der Waals surface area contributed by atoms with E-state index in [0.29, 0.717) is 34.7 Å². The smallest absolute Gasteiger partial charge is 0.378 e. The van der Waals surface area contributed by atoms with Crippen LogP contribution in [0, 0.1) is 6.92 Å². The van der Waals surface area contributed by atoms with Gasteiger partial charge in [-0.15, -0.1) is 11.3 Å². The van der Waals surface area contributed by atoms with Gasteiger partial charge >= 0.3 is 6.18 Å². The SMILES string of the molecule is Cc1nc(NC(=O)C[C@H]2CCCCO2)sc1-c1csc(Nc2cccc(C(F)(F)F)c2)n1. The van der Waals surface area contributed by atoms with Gasteiger partial charge in [0.15, 0.2) is 10.3 Å². The summed E-state index contributed by atoms with van der Waals surface area (Å²) >= 11 is 2.59. The number of ether oxygens (including phenoxy) is 1. The molecule has 1 aliphatic heterocycles. The van der Waals surface area contributed by atoms with Gasteiger partial charge in [0.25, 0.3) is 0 Å². The van der Waals surface area contributed by atoms with E-state index in [9.17, 15) is 18.0 Å². The number of anilines is 3. The number of thiazole rings is 2. The fraction of sp³-hybridized carbons (Fsp3) is 0.381. The Labute approximate surface area is 190 Å². The van der Waals surface area contributed by atoms with E-state index in [4.69, 9.17) is 4.74 Å². The summed E-state index contributed by atoms with van der Waals surface area (Å²) in [5.41, 5.74) is 0.946. The first-order chi connectivity index (χ1) is 15.3. The molecule has 170 valence electrons. The van der Waals surface area contributed by atoms with Crippen molar-refractivity contribution in [2.24, 2.45) is 0 Å². The van der Waals surface area contributed by atoms with E-state index >= 15 is 0 Å². The third-order valence-electron chi connectivity index (χ3n) is 4.91. The number of carbonyl (C=O) groups excluding carboxylic acids is 1. The number of benzene rings is 1. The van der Waals surface area contributed by atoms with Crippen molar-refractivity contribution in [3.05, 3.63) is 40.9 Å². The van der Waals surface area contributed by atoms with Crippen LogP contribution in [0.15, 0.2) is 29.6 Å². The second-order valence-corrected chi connectivity index (χ2v) is 9.27. The fourth-order valence-electron chi connectivity index (χ4n) is 3.37. The molecule has 0 unspecified atom stereocenters. The molecule has 32 heavy (non-hydrogen) atoms. The maximum atomic E-state index is 12.9.